The lowest BCUT2D eigenvalue weighted by Crippen LogP contribution is -2.43. The lowest BCUT2D eigenvalue weighted by Gasteiger charge is -2.22. The van der Waals surface area contributed by atoms with E-state index in [4.69, 9.17) is 16.3 Å². The van der Waals surface area contributed by atoms with E-state index >= 15 is 0 Å². The van der Waals surface area contributed by atoms with Crippen LogP contribution in [0.5, 0.6) is 5.75 Å². The van der Waals surface area contributed by atoms with Crippen molar-refractivity contribution < 1.29 is 14.3 Å². The average Bonchev–Trinajstić information content (AvgIpc) is 3.64. The van der Waals surface area contributed by atoms with Gasteiger partial charge in [0.15, 0.2) is 0 Å². The van der Waals surface area contributed by atoms with Gasteiger partial charge in [0, 0.05) is 70.1 Å². The number of benzene rings is 3. The van der Waals surface area contributed by atoms with Gasteiger partial charge in [-0.1, -0.05) is 35.9 Å². The summed E-state index contributed by atoms with van der Waals surface area (Å²) in [4.78, 5) is 40.3. The summed E-state index contributed by atoms with van der Waals surface area (Å²) < 4.78 is 5.23. The normalized spacial score (nSPS) is 14.9. The molecule has 0 unspecified atom stereocenters. The van der Waals surface area contributed by atoms with Crippen molar-refractivity contribution in [1.29, 1.82) is 0 Å². The molecule has 47 heavy (non-hydrogen) atoms. The van der Waals surface area contributed by atoms with Crippen molar-refractivity contribution in [2.45, 2.75) is 13.1 Å². The topological polar surface area (TPSA) is 131 Å². The summed E-state index contributed by atoms with van der Waals surface area (Å²) >= 11 is 6.03. The summed E-state index contributed by atoms with van der Waals surface area (Å²) in [6.07, 6.45) is 3.72. The SMILES string of the molecule is CN1Cc2nc3c(ccc4c[nH]c(Cl)cc43)c2C(=O)N1.COc1ccc(-c2cc3c(ccc4c5c([nH]c43)CN(C)NC5=O)cn2)cc1. The fourth-order valence-electron chi connectivity index (χ4n) is 6.49. The molecule has 0 aliphatic carbocycles. The summed E-state index contributed by atoms with van der Waals surface area (Å²) in [7, 11) is 5.33. The Hall–Kier alpha value is -5.49. The van der Waals surface area contributed by atoms with Gasteiger partial charge in [-0.25, -0.2) is 15.0 Å². The number of fused-ring (bicyclic) bond motifs is 10. The van der Waals surface area contributed by atoms with Crippen LogP contribution >= 0.6 is 11.6 Å². The highest BCUT2D eigenvalue weighted by Crippen LogP contribution is 2.34. The van der Waals surface area contributed by atoms with Crippen molar-refractivity contribution in [3.8, 4) is 17.0 Å². The maximum absolute atomic E-state index is 12.5. The van der Waals surface area contributed by atoms with Crippen molar-refractivity contribution in [2.75, 3.05) is 21.2 Å². The number of H-pyrrole nitrogens is 2. The minimum absolute atomic E-state index is 0.0752. The Morgan fingerprint density at radius 1 is 0.809 bits per heavy atom. The monoisotopic (exact) mass is 644 g/mol. The zero-order valence-corrected chi connectivity index (χ0v) is 26.5. The number of amides is 2. The molecule has 2 aliphatic rings. The first kappa shape index (κ1) is 28.9. The first-order chi connectivity index (χ1) is 22.8. The molecule has 0 bridgehead atoms. The van der Waals surface area contributed by atoms with E-state index in [1.165, 1.54) is 0 Å². The van der Waals surface area contributed by atoms with Gasteiger partial charge < -0.3 is 14.7 Å². The second-order valence-electron chi connectivity index (χ2n) is 11.8. The zero-order chi connectivity index (χ0) is 32.4. The van der Waals surface area contributed by atoms with Crippen LogP contribution in [0, 0.1) is 0 Å². The maximum Gasteiger partial charge on any atom is 0.268 e. The summed E-state index contributed by atoms with van der Waals surface area (Å²) in [6, 6.07) is 19.7. The Labute approximate surface area is 273 Å². The van der Waals surface area contributed by atoms with Crippen LogP contribution in [0.1, 0.15) is 32.1 Å². The molecule has 0 radical (unpaired) electrons. The van der Waals surface area contributed by atoms with Gasteiger partial charge in [0.25, 0.3) is 11.8 Å². The molecule has 9 rings (SSSR count). The second-order valence-corrected chi connectivity index (χ2v) is 12.2. The number of aromatic amines is 2. The van der Waals surface area contributed by atoms with Crippen LogP contribution in [0.25, 0.3) is 54.6 Å². The number of aromatic nitrogens is 4. The largest absolute Gasteiger partial charge is 0.497 e. The number of halogens is 1. The number of hydrazine groups is 2. The van der Waals surface area contributed by atoms with Gasteiger partial charge in [-0.3, -0.25) is 25.4 Å². The third-order valence-corrected chi connectivity index (χ3v) is 8.87. The molecule has 234 valence electrons. The first-order valence-corrected chi connectivity index (χ1v) is 15.4. The third-order valence-electron chi connectivity index (χ3n) is 8.65. The number of methoxy groups -OCH3 is 1. The van der Waals surface area contributed by atoms with Gasteiger partial charge in [0.05, 0.1) is 53.7 Å². The molecule has 0 saturated carbocycles. The standard InChI is InChI=1S/C21H18N4O2.C14H11ClN4O/c1-25-11-18-19(21(26)24-25)15-8-5-13-10-22-17(9-16(13)20(15)23-18)12-3-6-14(27-2)7-4-12;1-19-6-10-12(14(20)18-19)8-3-2-7-5-16-11(15)4-9(7)13(8)17-10/h3-10,23H,11H2,1-2H3,(H,24,26);2-5,16H,6H2,1H3,(H,18,20). The summed E-state index contributed by atoms with van der Waals surface area (Å²) in [5.74, 6) is 0.632. The number of rotatable bonds is 2. The third kappa shape index (κ3) is 4.92. The maximum atomic E-state index is 12.5. The molecule has 0 spiro atoms. The fraction of sp³-hybridized carbons (Fsp3) is 0.143. The van der Waals surface area contributed by atoms with E-state index in [1.54, 1.807) is 17.1 Å². The molecular weight excluding hydrogens is 616 g/mol. The Balaban J connectivity index is 0.000000144. The number of nitrogens with one attached hydrogen (secondary N) is 4. The van der Waals surface area contributed by atoms with Crippen molar-refractivity contribution in [3.05, 3.63) is 101 Å². The lowest BCUT2D eigenvalue weighted by atomic mass is 10.0. The van der Waals surface area contributed by atoms with Gasteiger partial charge in [0.1, 0.15) is 10.9 Å². The molecule has 6 heterocycles. The fourth-order valence-corrected chi connectivity index (χ4v) is 6.65. The van der Waals surface area contributed by atoms with Crippen LogP contribution in [-0.2, 0) is 13.1 Å². The van der Waals surface area contributed by atoms with Gasteiger partial charge in [-0.15, -0.1) is 0 Å². The minimum Gasteiger partial charge on any atom is -0.497 e. The van der Waals surface area contributed by atoms with E-state index < -0.39 is 0 Å². The molecule has 0 atom stereocenters. The highest BCUT2D eigenvalue weighted by Gasteiger charge is 2.27. The minimum atomic E-state index is -0.107. The van der Waals surface area contributed by atoms with Crippen molar-refractivity contribution in [1.82, 2.24) is 40.8 Å². The Bertz CT molecular complexity index is 2400. The van der Waals surface area contributed by atoms with Gasteiger partial charge in [0.2, 0.25) is 0 Å². The number of nitrogens with zero attached hydrogens (tertiary/aromatic N) is 4. The van der Waals surface area contributed by atoms with E-state index in [0.717, 1.165) is 77.3 Å². The number of carbonyl (C=O) groups is 2. The van der Waals surface area contributed by atoms with Gasteiger partial charge in [-0.2, -0.15) is 0 Å². The van der Waals surface area contributed by atoms with E-state index in [9.17, 15) is 9.59 Å². The number of hydrogen-bond donors (Lipinski definition) is 4. The molecule has 4 aromatic heterocycles. The van der Waals surface area contributed by atoms with Crippen LogP contribution in [0.3, 0.4) is 0 Å². The molecule has 12 heteroatoms. The molecular formula is C35H29ClN8O3. The van der Waals surface area contributed by atoms with E-state index in [-0.39, 0.29) is 11.8 Å². The summed E-state index contributed by atoms with van der Waals surface area (Å²) in [6.45, 7) is 1.25. The Morgan fingerprint density at radius 3 is 2.32 bits per heavy atom. The quantitative estimate of drug-likeness (QED) is 0.171. The molecule has 2 aliphatic heterocycles. The van der Waals surface area contributed by atoms with Crippen molar-refractivity contribution >= 4 is 66.8 Å². The van der Waals surface area contributed by atoms with E-state index in [1.807, 2.05) is 81.1 Å². The zero-order valence-electron chi connectivity index (χ0n) is 25.7. The Kier molecular flexibility index (Phi) is 6.83. The molecule has 4 N–H and O–H groups in total. The number of hydrogen-bond acceptors (Lipinski definition) is 7. The van der Waals surface area contributed by atoms with Crippen LogP contribution in [0.15, 0.2) is 73.1 Å². The molecule has 3 aromatic carbocycles. The van der Waals surface area contributed by atoms with Gasteiger partial charge >= 0.3 is 0 Å². The predicted molar refractivity (Wildman–Crippen MR) is 182 cm³/mol. The summed E-state index contributed by atoms with van der Waals surface area (Å²) in [5.41, 5.74) is 12.5. The molecule has 0 saturated heterocycles. The highest BCUT2D eigenvalue weighted by molar-refractivity contribution is 6.30. The number of carbonyl (C=O) groups excluding carboxylic acids is 2. The van der Waals surface area contributed by atoms with Crippen molar-refractivity contribution in [3.63, 3.8) is 0 Å². The lowest BCUT2D eigenvalue weighted by molar-refractivity contribution is 0.0778. The van der Waals surface area contributed by atoms with Crippen LogP contribution in [0.4, 0.5) is 0 Å². The molecule has 0 fully saturated rings. The number of pyridine rings is 2. The van der Waals surface area contributed by atoms with Gasteiger partial charge in [-0.05, 0) is 36.4 Å². The van der Waals surface area contributed by atoms with Crippen LogP contribution in [0.2, 0.25) is 5.15 Å². The molecule has 7 aromatic rings. The first-order valence-electron chi connectivity index (χ1n) is 15.0. The van der Waals surface area contributed by atoms with Crippen LogP contribution in [-0.4, -0.2) is 63.0 Å². The highest BCUT2D eigenvalue weighted by atomic mass is 35.5. The summed E-state index contributed by atoms with van der Waals surface area (Å²) in [5, 5.41) is 9.95. The van der Waals surface area contributed by atoms with Crippen molar-refractivity contribution in [2.24, 2.45) is 0 Å². The van der Waals surface area contributed by atoms with E-state index in [2.05, 4.69) is 36.9 Å². The number of ether oxygens (including phenoxy) is 1. The molecule has 2 amide bonds. The predicted octanol–water partition coefficient (Wildman–Crippen LogP) is 5.94. The second kappa shape index (κ2) is 11.1. The van der Waals surface area contributed by atoms with Crippen LogP contribution < -0.4 is 15.6 Å². The molecule has 11 nitrogen and oxygen atoms in total. The van der Waals surface area contributed by atoms with E-state index in [0.29, 0.717) is 23.8 Å². The average molecular weight is 645 g/mol. The Morgan fingerprint density at radius 2 is 1.53 bits per heavy atom. The smallest absolute Gasteiger partial charge is 0.268 e.